The van der Waals surface area contributed by atoms with Crippen LogP contribution in [0.5, 0.6) is 0 Å². The molecule has 0 spiro atoms. The second kappa shape index (κ2) is 14.4. The van der Waals surface area contributed by atoms with Crippen molar-refractivity contribution in [2.45, 2.75) is 39.5 Å². The Balaban J connectivity index is 1.46. The van der Waals surface area contributed by atoms with Gasteiger partial charge in [0.15, 0.2) is 0 Å². The van der Waals surface area contributed by atoms with Gasteiger partial charge < -0.3 is 20.9 Å². The van der Waals surface area contributed by atoms with Crippen molar-refractivity contribution in [2.75, 3.05) is 35.6 Å². The SMILES string of the molecule is CCCN(CCC)C(=O)c1ccc(NC(=O)CNc2cccc(NC(=O)CCc3ccccc3)c2)cc1. The molecule has 0 aromatic heterocycles. The Morgan fingerprint density at radius 1 is 0.703 bits per heavy atom. The molecule has 0 saturated heterocycles. The molecule has 0 saturated carbocycles. The summed E-state index contributed by atoms with van der Waals surface area (Å²) in [7, 11) is 0. The van der Waals surface area contributed by atoms with Gasteiger partial charge in [0.2, 0.25) is 11.8 Å². The van der Waals surface area contributed by atoms with Crippen LogP contribution in [0.15, 0.2) is 78.9 Å². The maximum atomic E-state index is 12.7. The van der Waals surface area contributed by atoms with Crippen LogP contribution < -0.4 is 16.0 Å². The van der Waals surface area contributed by atoms with Crippen LogP contribution in [0, 0.1) is 0 Å². The summed E-state index contributed by atoms with van der Waals surface area (Å²) in [4.78, 5) is 39.3. The Hall–Kier alpha value is -4.13. The Bertz CT molecular complexity index is 1160. The largest absolute Gasteiger partial charge is 0.376 e. The third-order valence-electron chi connectivity index (χ3n) is 5.77. The number of anilines is 3. The van der Waals surface area contributed by atoms with Gasteiger partial charge in [0.25, 0.3) is 5.91 Å². The van der Waals surface area contributed by atoms with Crippen molar-refractivity contribution >= 4 is 34.8 Å². The summed E-state index contributed by atoms with van der Waals surface area (Å²) in [6.07, 6.45) is 2.90. The fourth-order valence-electron chi connectivity index (χ4n) is 3.95. The zero-order valence-corrected chi connectivity index (χ0v) is 21.6. The average molecular weight is 501 g/mol. The highest BCUT2D eigenvalue weighted by Gasteiger charge is 2.14. The fourth-order valence-corrected chi connectivity index (χ4v) is 3.95. The molecule has 7 nitrogen and oxygen atoms in total. The van der Waals surface area contributed by atoms with Gasteiger partial charge in [-0.3, -0.25) is 14.4 Å². The summed E-state index contributed by atoms with van der Waals surface area (Å²) in [6.45, 7) is 5.64. The predicted molar refractivity (Wildman–Crippen MR) is 150 cm³/mol. The number of carbonyl (C=O) groups is 3. The van der Waals surface area contributed by atoms with E-state index in [1.54, 1.807) is 30.3 Å². The maximum Gasteiger partial charge on any atom is 0.253 e. The molecule has 0 fully saturated rings. The number of benzene rings is 3. The molecule has 0 aliphatic carbocycles. The van der Waals surface area contributed by atoms with Crippen LogP contribution >= 0.6 is 0 Å². The lowest BCUT2D eigenvalue weighted by molar-refractivity contribution is -0.116. The lowest BCUT2D eigenvalue weighted by Gasteiger charge is -2.21. The van der Waals surface area contributed by atoms with E-state index < -0.39 is 0 Å². The number of rotatable bonds is 13. The van der Waals surface area contributed by atoms with Crippen LogP contribution in [0.3, 0.4) is 0 Å². The summed E-state index contributed by atoms with van der Waals surface area (Å²) < 4.78 is 0. The van der Waals surface area contributed by atoms with E-state index in [1.165, 1.54) is 0 Å². The van der Waals surface area contributed by atoms with Crippen LogP contribution in [-0.2, 0) is 16.0 Å². The average Bonchev–Trinajstić information content (AvgIpc) is 2.91. The van der Waals surface area contributed by atoms with Crippen molar-refractivity contribution in [2.24, 2.45) is 0 Å². The lowest BCUT2D eigenvalue weighted by Crippen LogP contribution is -2.32. The van der Waals surface area contributed by atoms with Crippen LogP contribution in [-0.4, -0.2) is 42.3 Å². The number of hydrogen-bond donors (Lipinski definition) is 3. The highest BCUT2D eigenvalue weighted by Crippen LogP contribution is 2.16. The molecule has 7 heteroatoms. The minimum atomic E-state index is -0.213. The summed E-state index contributed by atoms with van der Waals surface area (Å²) in [5, 5.41) is 8.83. The molecule has 3 aromatic carbocycles. The highest BCUT2D eigenvalue weighted by molar-refractivity contribution is 5.97. The molecule has 3 N–H and O–H groups in total. The van der Waals surface area contributed by atoms with Gasteiger partial charge in [0.1, 0.15) is 0 Å². The van der Waals surface area contributed by atoms with E-state index in [9.17, 15) is 14.4 Å². The molecule has 3 rings (SSSR count). The van der Waals surface area contributed by atoms with Crippen molar-refractivity contribution < 1.29 is 14.4 Å². The fraction of sp³-hybridized carbons (Fsp3) is 0.300. The molecule has 0 heterocycles. The first-order chi connectivity index (χ1) is 18.0. The number of hydrogen-bond acceptors (Lipinski definition) is 4. The first-order valence-corrected chi connectivity index (χ1v) is 12.9. The smallest absolute Gasteiger partial charge is 0.253 e. The predicted octanol–water partition coefficient (Wildman–Crippen LogP) is 5.57. The molecule has 3 aromatic rings. The standard InChI is InChI=1S/C30H36N4O3/c1-3-19-34(20-4-2)30(37)24-14-16-25(17-15-24)32-29(36)22-31-26-11-8-12-27(21-26)33-28(35)18-13-23-9-6-5-7-10-23/h5-12,14-17,21,31H,3-4,13,18-20,22H2,1-2H3,(H,32,36)(H,33,35). The summed E-state index contributed by atoms with van der Waals surface area (Å²) in [5.74, 6) is -0.265. The van der Waals surface area contributed by atoms with Gasteiger partial charge in [-0.15, -0.1) is 0 Å². The van der Waals surface area contributed by atoms with Crippen molar-refractivity contribution in [1.82, 2.24) is 4.90 Å². The zero-order valence-electron chi connectivity index (χ0n) is 21.6. The minimum absolute atomic E-state index is 0.00952. The molecule has 3 amide bonds. The topological polar surface area (TPSA) is 90.5 Å². The molecule has 0 bridgehead atoms. The quantitative estimate of drug-likeness (QED) is 0.286. The minimum Gasteiger partial charge on any atom is -0.376 e. The van der Waals surface area contributed by atoms with Crippen LogP contribution in [0.4, 0.5) is 17.1 Å². The van der Waals surface area contributed by atoms with Crippen LogP contribution in [0.25, 0.3) is 0 Å². The first-order valence-electron chi connectivity index (χ1n) is 12.9. The second-order valence-electron chi connectivity index (χ2n) is 8.89. The molecule has 0 aliphatic heterocycles. The number of nitrogens with zero attached hydrogens (tertiary/aromatic N) is 1. The number of amides is 3. The van der Waals surface area contributed by atoms with Gasteiger partial charge in [0.05, 0.1) is 6.54 Å². The van der Waals surface area contributed by atoms with Gasteiger partial charge in [0, 0.05) is 42.1 Å². The molecular weight excluding hydrogens is 464 g/mol. The van der Waals surface area contributed by atoms with E-state index >= 15 is 0 Å². The van der Waals surface area contributed by atoms with Crippen molar-refractivity contribution in [3.8, 4) is 0 Å². The van der Waals surface area contributed by atoms with Crippen LogP contribution in [0.1, 0.15) is 49.0 Å². The van der Waals surface area contributed by atoms with Crippen molar-refractivity contribution in [3.63, 3.8) is 0 Å². The van der Waals surface area contributed by atoms with E-state index in [4.69, 9.17) is 0 Å². The van der Waals surface area contributed by atoms with E-state index in [2.05, 4.69) is 29.8 Å². The molecule has 0 atom stereocenters. The number of carbonyl (C=O) groups excluding carboxylic acids is 3. The molecule has 0 unspecified atom stereocenters. The van der Waals surface area contributed by atoms with Gasteiger partial charge in [-0.25, -0.2) is 0 Å². The monoisotopic (exact) mass is 500 g/mol. The van der Waals surface area contributed by atoms with Gasteiger partial charge in [-0.05, 0) is 67.3 Å². The van der Waals surface area contributed by atoms with Crippen molar-refractivity contribution in [3.05, 3.63) is 90.0 Å². The van der Waals surface area contributed by atoms with Gasteiger partial charge >= 0.3 is 0 Å². The Labute approximate surface area is 219 Å². The zero-order chi connectivity index (χ0) is 26.5. The van der Waals surface area contributed by atoms with Gasteiger partial charge in [-0.1, -0.05) is 50.2 Å². The Morgan fingerprint density at radius 2 is 1.35 bits per heavy atom. The third kappa shape index (κ3) is 9.11. The summed E-state index contributed by atoms with van der Waals surface area (Å²) >= 11 is 0. The molecular formula is C30H36N4O3. The second-order valence-corrected chi connectivity index (χ2v) is 8.89. The lowest BCUT2D eigenvalue weighted by atomic mass is 10.1. The number of aryl methyl sites for hydroxylation is 1. The Kier molecular flexibility index (Phi) is 10.7. The maximum absolute atomic E-state index is 12.7. The molecule has 37 heavy (non-hydrogen) atoms. The third-order valence-corrected chi connectivity index (χ3v) is 5.77. The van der Waals surface area contributed by atoms with E-state index in [-0.39, 0.29) is 24.3 Å². The highest BCUT2D eigenvalue weighted by atomic mass is 16.2. The normalized spacial score (nSPS) is 10.4. The summed E-state index contributed by atoms with van der Waals surface area (Å²) in [5.41, 5.74) is 3.75. The number of nitrogens with one attached hydrogen (secondary N) is 3. The van der Waals surface area contributed by atoms with Crippen molar-refractivity contribution in [1.29, 1.82) is 0 Å². The molecule has 194 valence electrons. The van der Waals surface area contributed by atoms with E-state index in [1.807, 2.05) is 53.4 Å². The summed E-state index contributed by atoms with van der Waals surface area (Å²) in [6, 6.07) is 24.1. The first kappa shape index (κ1) is 27.5. The molecule has 0 radical (unpaired) electrons. The Morgan fingerprint density at radius 3 is 2.03 bits per heavy atom. The van der Waals surface area contributed by atoms with E-state index in [0.29, 0.717) is 29.8 Å². The van der Waals surface area contributed by atoms with Gasteiger partial charge in [-0.2, -0.15) is 0 Å². The van der Waals surface area contributed by atoms with E-state index in [0.717, 1.165) is 37.2 Å². The molecule has 0 aliphatic rings. The van der Waals surface area contributed by atoms with Crippen LogP contribution in [0.2, 0.25) is 0 Å².